The molecule has 4 nitrogen and oxygen atoms in total. The maximum absolute atomic E-state index is 10.3. The number of nitro groups is 1. The minimum absolute atomic E-state index is 0.258. The fourth-order valence-electron chi connectivity index (χ4n) is 1.05. The van der Waals surface area contributed by atoms with Crippen molar-refractivity contribution in [2.24, 2.45) is 0 Å². The molecule has 4 heteroatoms. The van der Waals surface area contributed by atoms with E-state index < -0.39 is 6.04 Å². The zero-order valence-electron chi connectivity index (χ0n) is 7.01. The molecule has 0 N–H and O–H groups in total. The summed E-state index contributed by atoms with van der Waals surface area (Å²) in [5, 5.41) is 10.3. The van der Waals surface area contributed by atoms with Crippen molar-refractivity contribution in [2.75, 3.05) is 13.1 Å². The van der Waals surface area contributed by atoms with Crippen molar-refractivity contribution < 1.29 is 4.92 Å². The number of allylic oxidation sites excluding steroid dienone is 2. The lowest BCUT2D eigenvalue weighted by Crippen LogP contribution is -2.32. The fourth-order valence-corrected chi connectivity index (χ4v) is 1.05. The highest BCUT2D eigenvalue weighted by molar-refractivity contribution is 5.08. The van der Waals surface area contributed by atoms with Crippen LogP contribution >= 0.6 is 0 Å². The molecule has 1 heterocycles. The third-order valence-corrected chi connectivity index (χ3v) is 1.74. The van der Waals surface area contributed by atoms with Crippen molar-refractivity contribution >= 4 is 0 Å². The molecule has 66 valence electrons. The zero-order chi connectivity index (χ0) is 8.97. The van der Waals surface area contributed by atoms with Crippen molar-refractivity contribution in [3.63, 3.8) is 0 Å². The number of hydrogen-bond donors (Lipinski definition) is 0. The molecule has 0 bridgehead atoms. The Labute approximate surface area is 71.3 Å². The molecular weight excluding hydrogens is 156 g/mol. The second kappa shape index (κ2) is 3.90. The van der Waals surface area contributed by atoms with E-state index in [2.05, 4.69) is 0 Å². The summed E-state index contributed by atoms with van der Waals surface area (Å²) in [6.45, 7) is 2.87. The van der Waals surface area contributed by atoms with Crippen molar-refractivity contribution in [3.05, 3.63) is 34.5 Å². The lowest BCUT2D eigenvalue weighted by molar-refractivity contribution is -0.517. The second-order valence-electron chi connectivity index (χ2n) is 2.86. The highest BCUT2D eigenvalue weighted by Crippen LogP contribution is 2.01. The first-order chi connectivity index (χ1) is 5.70. The Morgan fingerprint density at radius 3 is 2.92 bits per heavy atom. The SMILES string of the molecule is CC(CN1C=CC=CC1)[N+](=O)[O-]. The molecule has 12 heavy (non-hydrogen) atoms. The molecule has 0 fully saturated rings. The maximum atomic E-state index is 10.3. The van der Waals surface area contributed by atoms with Gasteiger partial charge in [-0.25, -0.2) is 0 Å². The van der Waals surface area contributed by atoms with Gasteiger partial charge in [0.1, 0.15) is 0 Å². The summed E-state index contributed by atoms with van der Waals surface area (Å²) in [7, 11) is 0. The van der Waals surface area contributed by atoms with Crippen molar-refractivity contribution in [2.45, 2.75) is 13.0 Å². The Kier molecular flexibility index (Phi) is 2.85. The van der Waals surface area contributed by atoms with Gasteiger partial charge < -0.3 is 4.90 Å². The van der Waals surface area contributed by atoms with Gasteiger partial charge in [0.2, 0.25) is 6.04 Å². The van der Waals surface area contributed by atoms with Crippen molar-refractivity contribution in [1.82, 2.24) is 4.90 Å². The van der Waals surface area contributed by atoms with Gasteiger partial charge in [-0.3, -0.25) is 10.1 Å². The molecule has 0 amide bonds. The zero-order valence-corrected chi connectivity index (χ0v) is 7.01. The minimum atomic E-state index is -0.499. The van der Waals surface area contributed by atoms with Gasteiger partial charge in [0, 0.05) is 18.4 Å². The van der Waals surface area contributed by atoms with Gasteiger partial charge in [0.25, 0.3) is 0 Å². The fraction of sp³-hybridized carbons (Fsp3) is 0.500. The van der Waals surface area contributed by atoms with Crippen LogP contribution in [0, 0.1) is 10.1 Å². The standard InChI is InChI=1S/C8H12N2O2/c1-8(10(11)12)7-9-5-3-2-4-6-9/h2-5,8H,6-7H2,1H3. The predicted molar refractivity (Wildman–Crippen MR) is 46.3 cm³/mol. The molecule has 0 aromatic heterocycles. The lowest BCUT2D eigenvalue weighted by atomic mass is 10.3. The molecule has 0 radical (unpaired) electrons. The monoisotopic (exact) mass is 168 g/mol. The molecule has 1 rings (SSSR count). The first-order valence-corrected chi connectivity index (χ1v) is 3.91. The molecule has 1 aliphatic heterocycles. The molecule has 0 aromatic rings. The average Bonchev–Trinajstić information content (AvgIpc) is 2.06. The van der Waals surface area contributed by atoms with E-state index in [0.29, 0.717) is 6.54 Å². The van der Waals surface area contributed by atoms with Crippen LogP contribution in [0.5, 0.6) is 0 Å². The lowest BCUT2D eigenvalue weighted by Gasteiger charge is -2.20. The van der Waals surface area contributed by atoms with Crippen LogP contribution in [0.2, 0.25) is 0 Å². The summed E-state index contributed by atoms with van der Waals surface area (Å²) in [5.41, 5.74) is 0. The summed E-state index contributed by atoms with van der Waals surface area (Å²) in [4.78, 5) is 12.0. The Morgan fingerprint density at radius 2 is 2.42 bits per heavy atom. The van der Waals surface area contributed by atoms with E-state index in [9.17, 15) is 10.1 Å². The molecular formula is C8H12N2O2. The van der Waals surface area contributed by atoms with Gasteiger partial charge in [-0.15, -0.1) is 0 Å². The van der Waals surface area contributed by atoms with Crippen molar-refractivity contribution in [3.8, 4) is 0 Å². The maximum Gasteiger partial charge on any atom is 0.227 e. The van der Waals surface area contributed by atoms with Gasteiger partial charge in [0.05, 0.1) is 6.54 Å². The summed E-state index contributed by atoms with van der Waals surface area (Å²) in [6.07, 6.45) is 7.68. The molecule has 0 saturated heterocycles. The Morgan fingerprint density at radius 1 is 1.67 bits per heavy atom. The van der Waals surface area contributed by atoms with Crippen molar-refractivity contribution in [1.29, 1.82) is 0 Å². The first-order valence-electron chi connectivity index (χ1n) is 3.91. The normalized spacial score (nSPS) is 17.9. The van der Waals surface area contributed by atoms with Gasteiger partial charge >= 0.3 is 0 Å². The third-order valence-electron chi connectivity index (χ3n) is 1.74. The highest BCUT2D eigenvalue weighted by Gasteiger charge is 2.15. The van der Waals surface area contributed by atoms with Crippen LogP contribution in [0.15, 0.2) is 24.4 Å². The van der Waals surface area contributed by atoms with E-state index in [4.69, 9.17) is 0 Å². The Bertz CT molecular complexity index is 223. The van der Waals surface area contributed by atoms with Crippen LogP contribution < -0.4 is 0 Å². The average molecular weight is 168 g/mol. The van der Waals surface area contributed by atoms with Gasteiger partial charge in [-0.05, 0) is 12.3 Å². The summed E-state index contributed by atoms with van der Waals surface area (Å²) in [5.74, 6) is 0. The van der Waals surface area contributed by atoms with Crippen LogP contribution in [0.1, 0.15) is 6.92 Å². The van der Waals surface area contributed by atoms with Crippen LogP contribution in [0.25, 0.3) is 0 Å². The van der Waals surface area contributed by atoms with E-state index in [0.717, 1.165) is 6.54 Å². The summed E-state index contributed by atoms with van der Waals surface area (Å²) < 4.78 is 0. The van der Waals surface area contributed by atoms with E-state index in [1.54, 1.807) is 6.92 Å². The number of rotatable bonds is 3. The predicted octanol–water partition coefficient (Wildman–Crippen LogP) is 1.04. The topological polar surface area (TPSA) is 46.4 Å². The number of nitrogens with zero attached hydrogens (tertiary/aromatic N) is 2. The van der Waals surface area contributed by atoms with E-state index in [1.807, 2.05) is 29.3 Å². The molecule has 0 saturated carbocycles. The highest BCUT2D eigenvalue weighted by atomic mass is 16.6. The number of hydrogen-bond acceptors (Lipinski definition) is 3. The van der Waals surface area contributed by atoms with Gasteiger partial charge in [-0.1, -0.05) is 12.2 Å². The molecule has 1 atom stereocenters. The van der Waals surface area contributed by atoms with Crippen LogP contribution in [0.3, 0.4) is 0 Å². The van der Waals surface area contributed by atoms with Gasteiger partial charge in [-0.2, -0.15) is 0 Å². The molecule has 1 unspecified atom stereocenters. The summed E-state index contributed by atoms with van der Waals surface area (Å²) in [6, 6.07) is -0.499. The molecule has 0 aliphatic carbocycles. The van der Waals surface area contributed by atoms with Crippen LogP contribution in [-0.4, -0.2) is 29.0 Å². The quantitative estimate of drug-likeness (QED) is 0.467. The Hall–Kier alpha value is -1.32. The Balaban J connectivity index is 2.36. The van der Waals surface area contributed by atoms with E-state index in [-0.39, 0.29) is 4.92 Å². The van der Waals surface area contributed by atoms with Crippen LogP contribution in [0.4, 0.5) is 0 Å². The largest absolute Gasteiger partial charge is 0.367 e. The van der Waals surface area contributed by atoms with E-state index in [1.165, 1.54) is 0 Å². The minimum Gasteiger partial charge on any atom is -0.367 e. The first kappa shape index (κ1) is 8.77. The second-order valence-corrected chi connectivity index (χ2v) is 2.86. The molecule has 0 spiro atoms. The van der Waals surface area contributed by atoms with Crippen LogP contribution in [-0.2, 0) is 0 Å². The van der Waals surface area contributed by atoms with Gasteiger partial charge in [0.15, 0.2) is 0 Å². The van der Waals surface area contributed by atoms with E-state index >= 15 is 0 Å². The molecule has 0 aromatic carbocycles. The summed E-state index contributed by atoms with van der Waals surface area (Å²) >= 11 is 0. The third kappa shape index (κ3) is 2.38. The smallest absolute Gasteiger partial charge is 0.227 e. The molecule has 1 aliphatic rings.